The van der Waals surface area contributed by atoms with Gasteiger partial charge in [0, 0.05) is 11.8 Å². The summed E-state index contributed by atoms with van der Waals surface area (Å²) in [6.45, 7) is 0. The fraction of sp³-hybridized carbons (Fsp3) is 0.0909. The highest BCUT2D eigenvalue weighted by molar-refractivity contribution is 7.16. The van der Waals surface area contributed by atoms with Gasteiger partial charge in [0.25, 0.3) is 0 Å². The standard InChI is InChI=1S/C11H6F3NO2S/c12-11(13,14)17-8-3-1-2-7(4-8)10-15-5-9(6-16)18-10/h1-6H. The molecule has 1 aromatic heterocycles. The van der Waals surface area contributed by atoms with Gasteiger partial charge in [0.05, 0.1) is 4.88 Å². The minimum Gasteiger partial charge on any atom is -0.406 e. The average molecular weight is 273 g/mol. The van der Waals surface area contributed by atoms with Gasteiger partial charge in [0.2, 0.25) is 0 Å². The van der Waals surface area contributed by atoms with Crippen LogP contribution in [-0.4, -0.2) is 17.6 Å². The highest BCUT2D eigenvalue weighted by Crippen LogP contribution is 2.29. The van der Waals surface area contributed by atoms with Crippen molar-refractivity contribution in [3.05, 3.63) is 35.3 Å². The van der Waals surface area contributed by atoms with Gasteiger partial charge in [0.15, 0.2) is 6.29 Å². The Balaban J connectivity index is 2.29. The normalized spacial score (nSPS) is 11.3. The van der Waals surface area contributed by atoms with Crippen LogP contribution in [0.5, 0.6) is 5.75 Å². The van der Waals surface area contributed by atoms with Gasteiger partial charge in [0.1, 0.15) is 10.8 Å². The molecule has 0 bridgehead atoms. The van der Waals surface area contributed by atoms with E-state index in [1.54, 1.807) is 6.07 Å². The fourth-order valence-electron chi connectivity index (χ4n) is 1.30. The van der Waals surface area contributed by atoms with E-state index >= 15 is 0 Å². The van der Waals surface area contributed by atoms with Crippen molar-refractivity contribution in [2.45, 2.75) is 6.36 Å². The number of thiazole rings is 1. The number of hydrogen-bond acceptors (Lipinski definition) is 4. The van der Waals surface area contributed by atoms with E-state index in [2.05, 4.69) is 9.72 Å². The second-order valence-corrected chi connectivity index (χ2v) is 4.32. The van der Waals surface area contributed by atoms with Crippen LogP contribution in [0.1, 0.15) is 9.67 Å². The monoisotopic (exact) mass is 273 g/mol. The van der Waals surface area contributed by atoms with Crippen LogP contribution in [0.25, 0.3) is 10.6 Å². The topological polar surface area (TPSA) is 39.2 Å². The number of aromatic nitrogens is 1. The number of ether oxygens (including phenoxy) is 1. The van der Waals surface area contributed by atoms with Gasteiger partial charge in [-0.3, -0.25) is 4.79 Å². The van der Waals surface area contributed by atoms with E-state index in [1.165, 1.54) is 24.4 Å². The molecule has 0 spiro atoms. The molecule has 0 aliphatic carbocycles. The molecule has 0 aliphatic rings. The molecule has 0 radical (unpaired) electrons. The summed E-state index contributed by atoms with van der Waals surface area (Å²) in [6.07, 6.45) is -2.73. The zero-order valence-corrected chi connectivity index (χ0v) is 9.59. The van der Waals surface area contributed by atoms with E-state index in [9.17, 15) is 18.0 Å². The van der Waals surface area contributed by atoms with Crippen LogP contribution in [0.4, 0.5) is 13.2 Å². The minimum absolute atomic E-state index is 0.317. The summed E-state index contributed by atoms with van der Waals surface area (Å²) in [4.78, 5) is 14.9. The van der Waals surface area contributed by atoms with Gasteiger partial charge in [-0.1, -0.05) is 12.1 Å². The first kappa shape index (κ1) is 12.6. The Hall–Kier alpha value is -1.89. The Morgan fingerprint density at radius 3 is 2.72 bits per heavy atom. The lowest BCUT2D eigenvalue weighted by Gasteiger charge is -2.09. The Bertz CT molecular complexity index is 565. The van der Waals surface area contributed by atoms with Crippen LogP contribution in [0.3, 0.4) is 0 Å². The predicted octanol–water partition coefficient (Wildman–Crippen LogP) is 3.52. The molecule has 0 N–H and O–H groups in total. The van der Waals surface area contributed by atoms with E-state index in [0.717, 1.165) is 11.3 Å². The molecule has 94 valence electrons. The molecule has 1 heterocycles. The largest absolute Gasteiger partial charge is 0.573 e. The number of alkyl halides is 3. The molecule has 0 aliphatic heterocycles. The fourth-order valence-corrected chi connectivity index (χ4v) is 2.03. The number of hydrogen-bond donors (Lipinski definition) is 0. The summed E-state index contributed by atoms with van der Waals surface area (Å²) in [5, 5.41) is 0.463. The lowest BCUT2D eigenvalue weighted by atomic mass is 10.2. The first-order valence-electron chi connectivity index (χ1n) is 4.75. The van der Waals surface area contributed by atoms with E-state index < -0.39 is 6.36 Å². The van der Waals surface area contributed by atoms with Gasteiger partial charge < -0.3 is 4.74 Å². The van der Waals surface area contributed by atoms with Crippen molar-refractivity contribution in [2.75, 3.05) is 0 Å². The molecule has 2 rings (SSSR count). The maximum absolute atomic E-state index is 12.1. The number of halogens is 3. The molecular formula is C11H6F3NO2S. The van der Waals surface area contributed by atoms with E-state index in [1.807, 2.05) is 0 Å². The van der Waals surface area contributed by atoms with Crippen molar-refractivity contribution in [3.63, 3.8) is 0 Å². The Morgan fingerprint density at radius 2 is 2.11 bits per heavy atom. The predicted molar refractivity (Wildman–Crippen MR) is 59.6 cm³/mol. The summed E-state index contributed by atoms with van der Waals surface area (Å²) >= 11 is 1.10. The van der Waals surface area contributed by atoms with Crippen LogP contribution in [0, 0.1) is 0 Å². The molecule has 7 heteroatoms. The van der Waals surface area contributed by atoms with Gasteiger partial charge in [-0.2, -0.15) is 0 Å². The lowest BCUT2D eigenvalue weighted by molar-refractivity contribution is -0.274. The van der Waals surface area contributed by atoms with Gasteiger partial charge in [-0.25, -0.2) is 4.98 Å². The molecule has 18 heavy (non-hydrogen) atoms. The highest BCUT2D eigenvalue weighted by Gasteiger charge is 2.31. The van der Waals surface area contributed by atoms with Crippen molar-refractivity contribution < 1.29 is 22.7 Å². The summed E-state index contributed by atoms with van der Waals surface area (Å²) in [5.41, 5.74) is 0.467. The van der Waals surface area contributed by atoms with Crippen molar-refractivity contribution in [2.24, 2.45) is 0 Å². The molecule has 3 nitrogen and oxygen atoms in total. The third-order valence-corrected chi connectivity index (χ3v) is 2.93. The zero-order valence-electron chi connectivity index (χ0n) is 8.77. The number of carbonyl (C=O) groups is 1. The van der Waals surface area contributed by atoms with Crippen molar-refractivity contribution in [3.8, 4) is 16.3 Å². The Labute approximate surface area is 104 Å². The summed E-state index contributed by atoms with van der Waals surface area (Å²) in [6, 6.07) is 5.45. The maximum Gasteiger partial charge on any atom is 0.573 e. The maximum atomic E-state index is 12.1. The van der Waals surface area contributed by atoms with E-state index in [-0.39, 0.29) is 5.75 Å². The molecule has 0 fully saturated rings. The first-order valence-corrected chi connectivity index (χ1v) is 5.57. The number of nitrogens with zero attached hydrogens (tertiary/aromatic N) is 1. The Morgan fingerprint density at radius 1 is 1.33 bits per heavy atom. The third-order valence-electron chi connectivity index (χ3n) is 1.95. The van der Waals surface area contributed by atoms with Crippen LogP contribution < -0.4 is 4.74 Å². The highest BCUT2D eigenvalue weighted by atomic mass is 32.1. The summed E-state index contributed by atoms with van der Waals surface area (Å²) in [7, 11) is 0. The number of rotatable bonds is 3. The minimum atomic E-state index is -4.73. The van der Waals surface area contributed by atoms with Crippen LogP contribution in [0.15, 0.2) is 30.5 Å². The second kappa shape index (κ2) is 4.77. The van der Waals surface area contributed by atoms with Crippen LogP contribution in [-0.2, 0) is 0 Å². The van der Waals surface area contributed by atoms with Gasteiger partial charge in [-0.05, 0) is 12.1 Å². The van der Waals surface area contributed by atoms with E-state index in [0.29, 0.717) is 21.7 Å². The summed E-state index contributed by atoms with van der Waals surface area (Å²) < 4.78 is 40.0. The first-order chi connectivity index (χ1) is 8.48. The average Bonchev–Trinajstić information content (AvgIpc) is 2.75. The molecule has 0 saturated carbocycles. The lowest BCUT2D eigenvalue weighted by Crippen LogP contribution is -2.17. The molecule has 2 aromatic rings. The van der Waals surface area contributed by atoms with Gasteiger partial charge >= 0.3 is 6.36 Å². The Kier molecular flexibility index (Phi) is 3.33. The SMILES string of the molecule is O=Cc1cnc(-c2cccc(OC(F)(F)F)c2)s1. The van der Waals surface area contributed by atoms with Crippen molar-refractivity contribution >= 4 is 17.6 Å². The number of benzene rings is 1. The van der Waals surface area contributed by atoms with Crippen LogP contribution in [0.2, 0.25) is 0 Å². The van der Waals surface area contributed by atoms with E-state index in [4.69, 9.17) is 0 Å². The number of aldehydes is 1. The molecule has 0 amide bonds. The molecule has 0 atom stereocenters. The third kappa shape index (κ3) is 3.07. The van der Waals surface area contributed by atoms with Crippen molar-refractivity contribution in [1.82, 2.24) is 4.98 Å². The van der Waals surface area contributed by atoms with Gasteiger partial charge in [-0.15, -0.1) is 24.5 Å². The molecule has 0 saturated heterocycles. The zero-order chi connectivity index (χ0) is 13.2. The summed E-state index contributed by atoms with van der Waals surface area (Å²) in [5.74, 6) is -0.317. The quantitative estimate of drug-likeness (QED) is 0.803. The second-order valence-electron chi connectivity index (χ2n) is 3.26. The number of carbonyl (C=O) groups excluding carboxylic acids is 1. The molecule has 0 unspecified atom stereocenters. The molecule has 1 aromatic carbocycles. The molecular weight excluding hydrogens is 267 g/mol. The van der Waals surface area contributed by atoms with Crippen molar-refractivity contribution in [1.29, 1.82) is 0 Å². The smallest absolute Gasteiger partial charge is 0.406 e. The van der Waals surface area contributed by atoms with Crippen LogP contribution >= 0.6 is 11.3 Å².